The topological polar surface area (TPSA) is 127 Å². The smallest absolute Gasteiger partial charge is 0.410 e. The standard InChI is InChI=1S/C10H17N7O2/c11-14-10(18)17(12)9-6-8(13-7-16(9)19)15-4-2-1-3-5-15/h6-7H,1-5,11-12H2,(H,14,18). The van der Waals surface area contributed by atoms with Crippen LogP contribution in [-0.4, -0.2) is 24.1 Å². The summed E-state index contributed by atoms with van der Waals surface area (Å²) < 4.78 is 0.419. The average molecular weight is 267 g/mol. The maximum atomic E-state index is 11.6. The van der Waals surface area contributed by atoms with Crippen molar-refractivity contribution in [2.75, 3.05) is 23.0 Å². The molecule has 1 fully saturated rings. The van der Waals surface area contributed by atoms with Crippen LogP contribution in [0.3, 0.4) is 0 Å². The molecule has 1 aliphatic heterocycles. The van der Waals surface area contributed by atoms with Crippen LogP contribution < -0.4 is 31.8 Å². The molecule has 0 spiro atoms. The summed E-state index contributed by atoms with van der Waals surface area (Å²) in [4.78, 5) is 17.4. The predicted octanol–water partition coefficient (Wildman–Crippen LogP) is -1.03. The van der Waals surface area contributed by atoms with Gasteiger partial charge in [0, 0.05) is 13.1 Å². The summed E-state index contributed by atoms with van der Waals surface area (Å²) in [6.07, 6.45) is 4.44. The zero-order valence-corrected chi connectivity index (χ0v) is 10.5. The highest BCUT2D eigenvalue weighted by Crippen LogP contribution is 2.19. The minimum atomic E-state index is -0.777. The highest BCUT2D eigenvalue weighted by Gasteiger charge is 2.22. The van der Waals surface area contributed by atoms with Crippen LogP contribution in [0.2, 0.25) is 0 Å². The van der Waals surface area contributed by atoms with Crippen LogP contribution in [-0.2, 0) is 0 Å². The first-order chi connectivity index (χ1) is 9.13. The van der Waals surface area contributed by atoms with E-state index in [0.717, 1.165) is 32.3 Å². The van der Waals surface area contributed by atoms with Crippen molar-refractivity contribution >= 4 is 17.7 Å². The van der Waals surface area contributed by atoms with Gasteiger partial charge in [-0.2, -0.15) is 5.84 Å². The van der Waals surface area contributed by atoms with E-state index in [2.05, 4.69) is 9.88 Å². The van der Waals surface area contributed by atoms with Crippen LogP contribution in [0.5, 0.6) is 0 Å². The number of hydrogen-bond acceptors (Lipinski definition) is 6. The normalized spacial score (nSPS) is 15.2. The first-order valence-electron chi connectivity index (χ1n) is 6.03. The molecule has 0 aromatic carbocycles. The van der Waals surface area contributed by atoms with Crippen molar-refractivity contribution in [3.05, 3.63) is 17.6 Å². The van der Waals surface area contributed by atoms with Gasteiger partial charge in [-0.3, -0.25) is 5.43 Å². The fraction of sp³-hybridized carbons (Fsp3) is 0.500. The van der Waals surface area contributed by atoms with Gasteiger partial charge in [0.25, 0.3) is 5.82 Å². The number of anilines is 2. The number of nitrogens with zero attached hydrogens (tertiary/aromatic N) is 4. The molecule has 0 saturated carbocycles. The van der Waals surface area contributed by atoms with Crippen LogP contribution in [0.4, 0.5) is 16.4 Å². The Morgan fingerprint density at radius 2 is 2.16 bits per heavy atom. The van der Waals surface area contributed by atoms with Gasteiger partial charge in [-0.25, -0.2) is 15.4 Å². The molecular weight excluding hydrogens is 250 g/mol. The molecular formula is C10H17N7O2. The van der Waals surface area contributed by atoms with E-state index in [9.17, 15) is 10.0 Å². The van der Waals surface area contributed by atoms with Gasteiger partial charge in [0.1, 0.15) is 0 Å². The van der Waals surface area contributed by atoms with Gasteiger partial charge in [-0.1, -0.05) is 4.98 Å². The van der Waals surface area contributed by atoms with E-state index in [1.807, 2.05) is 5.43 Å². The minimum Gasteiger partial charge on any atom is -0.740 e. The third kappa shape index (κ3) is 2.83. The average Bonchev–Trinajstić information content (AvgIpc) is 2.47. The molecule has 0 atom stereocenters. The molecule has 2 heterocycles. The van der Waals surface area contributed by atoms with E-state index in [1.54, 1.807) is 0 Å². The van der Waals surface area contributed by atoms with Crippen LogP contribution >= 0.6 is 0 Å². The Labute approximate surface area is 110 Å². The number of aromatic nitrogens is 2. The molecule has 5 N–H and O–H groups in total. The van der Waals surface area contributed by atoms with E-state index < -0.39 is 6.03 Å². The molecule has 2 amide bonds. The second kappa shape index (κ2) is 5.67. The lowest BCUT2D eigenvalue weighted by Gasteiger charge is -2.26. The summed E-state index contributed by atoms with van der Waals surface area (Å²) in [5, 5.41) is 12.3. The first-order valence-corrected chi connectivity index (χ1v) is 6.03. The number of nitrogens with one attached hydrogen (secondary N) is 1. The number of carbonyl (C=O) groups excluding carboxylic acids is 1. The van der Waals surface area contributed by atoms with Crippen molar-refractivity contribution < 1.29 is 9.52 Å². The summed E-state index contributed by atoms with van der Waals surface area (Å²) in [7, 11) is 0. The first kappa shape index (κ1) is 13.3. The number of urea groups is 1. The van der Waals surface area contributed by atoms with Gasteiger partial charge in [0.2, 0.25) is 12.1 Å². The van der Waals surface area contributed by atoms with E-state index in [4.69, 9.17) is 11.7 Å². The largest absolute Gasteiger partial charge is 0.740 e. The van der Waals surface area contributed by atoms with Crippen LogP contribution in [0.15, 0.2) is 12.4 Å². The lowest BCUT2D eigenvalue weighted by Crippen LogP contribution is -2.52. The molecule has 1 aromatic rings. The number of hydrazine groups is 2. The Kier molecular flexibility index (Phi) is 3.97. The quantitative estimate of drug-likeness (QED) is 0.207. The molecule has 1 saturated heterocycles. The van der Waals surface area contributed by atoms with Crippen LogP contribution in [0.25, 0.3) is 0 Å². The van der Waals surface area contributed by atoms with Crippen LogP contribution in [0, 0.1) is 5.21 Å². The van der Waals surface area contributed by atoms with E-state index in [1.165, 1.54) is 12.5 Å². The summed E-state index contributed by atoms with van der Waals surface area (Å²) in [6, 6.07) is 0.702. The zero-order chi connectivity index (χ0) is 13.8. The Bertz CT molecular complexity index is 461. The maximum Gasteiger partial charge on any atom is 0.410 e. The summed E-state index contributed by atoms with van der Waals surface area (Å²) in [5.41, 5.74) is 1.87. The summed E-state index contributed by atoms with van der Waals surface area (Å²) in [5.74, 6) is 11.1. The van der Waals surface area contributed by atoms with E-state index in [0.29, 0.717) is 15.6 Å². The minimum absolute atomic E-state index is 0.0291. The molecule has 0 bridgehead atoms. The molecule has 2 rings (SSSR count). The van der Waals surface area contributed by atoms with Gasteiger partial charge in [-0.05, 0) is 19.3 Å². The maximum absolute atomic E-state index is 11.6. The van der Waals surface area contributed by atoms with Crippen molar-refractivity contribution in [3.8, 4) is 0 Å². The van der Waals surface area contributed by atoms with Gasteiger partial charge in [0.05, 0.1) is 6.07 Å². The highest BCUT2D eigenvalue weighted by atomic mass is 16.5. The monoisotopic (exact) mass is 267 g/mol. The van der Waals surface area contributed by atoms with Gasteiger partial charge in [-0.15, -0.1) is 5.01 Å². The molecule has 0 aliphatic carbocycles. The zero-order valence-electron chi connectivity index (χ0n) is 10.5. The molecule has 0 radical (unpaired) electrons. The van der Waals surface area contributed by atoms with Crippen LogP contribution in [0.1, 0.15) is 19.3 Å². The van der Waals surface area contributed by atoms with Crippen molar-refractivity contribution in [2.24, 2.45) is 11.7 Å². The Balaban J connectivity index is 2.25. The SMILES string of the molecule is NNC(=O)N(N)c1cc(N2CCCCC2)nc[n+]1[O-]. The molecule has 9 heteroatoms. The number of nitrogens with two attached hydrogens (primary N) is 2. The molecule has 1 aromatic heterocycles. The van der Waals surface area contributed by atoms with Gasteiger partial charge in [0.15, 0.2) is 0 Å². The summed E-state index contributed by atoms with van der Waals surface area (Å²) >= 11 is 0. The number of carbonyl (C=O) groups is 1. The van der Waals surface area contributed by atoms with Crippen molar-refractivity contribution in [2.45, 2.75) is 19.3 Å². The van der Waals surface area contributed by atoms with Crippen molar-refractivity contribution in [3.63, 3.8) is 0 Å². The third-order valence-electron chi connectivity index (χ3n) is 3.05. The fourth-order valence-electron chi connectivity index (χ4n) is 2.03. The Morgan fingerprint density at radius 3 is 2.79 bits per heavy atom. The number of amides is 2. The van der Waals surface area contributed by atoms with E-state index in [-0.39, 0.29) is 5.82 Å². The molecule has 1 aliphatic rings. The third-order valence-corrected chi connectivity index (χ3v) is 3.05. The van der Waals surface area contributed by atoms with Crippen molar-refractivity contribution in [1.29, 1.82) is 0 Å². The number of hydrogen-bond donors (Lipinski definition) is 3. The summed E-state index contributed by atoms with van der Waals surface area (Å²) in [6.45, 7) is 1.76. The van der Waals surface area contributed by atoms with Crippen molar-refractivity contribution in [1.82, 2.24) is 10.4 Å². The lowest BCUT2D eigenvalue weighted by molar-refractivity contribution is -0.595. The second-order valence-electron chi connectivity index (χ2n) is 4.30. The number of piperidine rings is 1. The fourth-order valence-corrected chi connectivity index (χ4v) is 2.03. The van der Waals surface area contributed by atoms with Gasteiger partial charge >= 0.3 is 6.03 Å². The Hall–Kier alpha value is -2.13. The molecule has 19 heavy (non-hydrogen) atoms. The predicted molar refractivity (Wildman–Crippen MR) is 68.6 cm³/mol. The van der Waals surface area contributed by atoms with E-state index >= 15 is 0 Å². The molecule has 9 nitrogen and oxygen atoms in total. The second-order valence-corrected chi connectivity index (χ2v) is 4.30. The highest BCUT2D eigenvalue weighted by molar-refractivity contribution is 5.88. The lowest BCUT2D eigenvalue weighted by atomic mass is 10.1. The number of rotatable bonds is 2. The van der Waals surface area contributed by atoms with Gasteiger partial charge < -0.3 is 10.1 Å². The molecule has 104 valence electrons. The molecule has 0 unspecified atom stereocenters. The Morgan fingerprint density at radius 1 is 1.47 bits per heavy atom.